The van der Waals surface area contributed by atoms with Crippen molar-refractivity contribution >= 4 is 28.4 Å². The highest BCUT2D eigenvalue weighted by atomic mass is 19.1. The molecular formula is C33H28FN3O4. The number of hydrogen-bond donors (Lipinski definition) is 2. The van der Waals surface area contributed by atoms with Gasteiger partial charge in [0.25, 0.3) is 11.8 Å². The molecule has 0 saturated heterocycles. The molecule has 0 fully saturated rings. The number of nitrogens with zero attached hydrogens (tertiary/aromatic N) is 1. The summed E-state index contributed by atoms with van der Waals surface area (Å²) in [4.78, 5) is 31.0. The van der Waals surface area contributed by atoms with Crippen LogP contribution in [0.5, 0.6) is 11.5 Å². The zero-order chi connectivity index (χ0) is 28.5. The second-order valence-corrected chi connectivity index (χ2v) is 9.98. The van der Waals surface area contributed by atoms with Gasteiger partial charge in [-0.3, -0.25) is 9.59 Å². The average Bonchev–Trinajstić information content (AvgIpc) is 3.44. The van der Waals surface area contributed by atoms with E-state index in [4.69, 9.17) is 9.47 Å². The number of amides is 2. The standard InChI is InChI=1S/C33H28FN3O4/c1-40-30-17-23-13-14-37(19-25(23)18-31(30)41-2)33(39)29-16-24-15-22(7-12-28(24)36-29)20-5-10-27(11-6-20)35-32(38)21-3-8-26(34)9-4-21/h3-12,15-18,36H,13-14,19H2,1-2H3,(H,35,38). The lowest BCUT2D eigenvalue weighted by molar-refractivity contribution is 0.0729. The van der Waals surface area contributed by atoms with Gasteiger partial charge in [0.1, 0.15) is 11.5 Å². The monoisotopic (exact) mass is 549 g/mol. The van der Waals surface area contributed by atoms with Crippen LogP contribution in [0.1, 0.15) is 32.0 Å². The van der Waals surface area contributed by atoms with Crippen LogP contribution in [-0.4, -0.2) is 42.5 Å². The number of halogens is 1. The number of rotatable bonds is 6. The second kappa shape index (κ2) is 10.8. The Kier molecular flexibility index (Phi) is 6.89. The molecule has 6 rings (SSSR count). The van der Waals surface area contributed by atoms with Crippen LogP contribution < -0.4 is 14.8 Å². The van der Waals surface area contributed by atoms with Gasteiger partial charge in [0.05, 0.1) is 14.2 Å². The van der Waals surface area contributed by atoms with Crippen molar-refractivity contribution in [2.45, 2.75) is 13.0 Å². The minimum absolute atomic E-state index is 0.0515. The fourth-order valence-electron chi connectivity index (χ4n) is 5.20. The van der Waals surface area contributed by atoms with Crippen LogP contribution in [0.25, 0.3) is 22.0 Å². The minimum atomic E-state index is -0.388. The molecule has 0 spiro atoms. The number of H-pyrrole nitrogens is 1. The maximum absolute atomic E-state index is 13.4. The molecule has 1 aliphatic heterocycles. The average molecular weight is 550 g/mol. The van der Waals surface area contributed by atoms with E-state index in [0.717, 1.165) is 39.6 Å². The number of anilines is 1. The first-order valence-corrected chi connectivity index (χ1v) is 13.2. The third-order valence-electron chi connectivity index (χ3n) is 7.44. The molecule has 41 heavy (non-hydrogen) atoms. The van der Waals surface area contributed by atoms with Crippen LogP contribution in [0.4, 0.5) is 10.1 Å². The fraction of sp³-hybridized carbons (Fsp3) is 0.152. The molecule has 2 amide bonds. The van der Waals surface area contributed by atoms with Gasteiger partial charge >= 0.3 is 0 Å². The summed E-state index contributed by atoms with van der Waals surface area (Å²) in [5, 5.41) is 3.76. The number of ether oxygens (including phenoxy) is 2. The molecule has 1 aromatic heterocycles. The van der Waals surface area contributed by atoms with E-state index in [1.807, 2.05) is 65.6 Å². The van der Waals surface area contributed by atoms with Crippen molar-refractivity contribution in [3.05, 3.63) is 113 Å². The van der Waals surface area contributed by atoms with Gasteiger partial charge < -0.3 is 24.7 Å². The summed E-state index contributed by atoms with van der Waals surface area (Å²) in [5.41, 5.74) is 6.61. The number of carbonyl (C=O) groups excluding carboxylic acids is 2. The fourth-order valence-corrected chi connectivity index (χ4v) is 5.20. The molecule has 2 heterocycles. The number of fused-ring (bicyclic) bond motifs is 2. The van der Waals surface area contributed by atoms with Crippen LogP contribution >= 0.6 is 0 Å². The zero-order valence-corrected chi connectivity index (χ0v) is 22.7. The van der Waals surface area contributed by atoms with Gasteiger partial charge in [-0.1, -0.05) is 18.2 Å². The molecule has 0 radical (unpaired) electrons. The highest BCUT2D eigenvalue weighted by Crippen LogP contribution is 2.34. The Morgan fingerprint density at radius 3 is 2.22 bits per heavy atom. The molecule has 7 nitrogen and oxygen atoms in total. The summed E-state index contributed by atoms with van der Waals surface area (Å²) >= 11 is 0. The second-order valence-electron chi connectivity index (χ2n) is 9.98. The van der Waals surface area contributed by atoms with E-state index in [9.17, 15) is 14.0 Å². The maximum Gasteiger partial charge on any atom is 0.270 e. The number of benzene rings is 4. The lowest BCUT2D eigenvalue weighted by atomic mass is 9.98. The number of nitrogens with one attached hydrogen (secondary N) is 2. The first-order valence-electron chi connectivity index (χ1n) is 13.2. The van der Waals surface area contributed by atoms with Crippen LogP contribution in [0.2, 0.25) is 0 Å². The van der Waals surface area contributed by atoms with Crippen molar-refractivity contribution in [2.24, 2.45) is 0 Å². The molecule has 1 aliphatic rings. The lowest BCUT2D eigenvalue weighted by Crippen LogP contribution is -2.36. The van der Waals surface area contributed by atoms with Gasteiger partial charge in [-0.05, 0) is 95.4 Å². The van der Waals surface area contributed by atoms with E-state index in [0.29, 0.717) is 41.5 Å². The van der Waals surface area contributed by atoms with Crippen molar-refractivity contribution in [3.63, 3.8) is 0 Å². The predicted molar refractivity (Wildman–Crippen MR) is 156 cm³/mol. The summed E-state index contributed by atoms with van der Waals surface area (Å²) in [6, 6.07) is 24.7. The predicted octanol–water partition coefficient (Wildman–Crippen LogP) is 6.44. The van der Waals surface area contributed by atoms with Gasteiger partial charge in [-0.25, -0.2) is 4.39 Å². The molecule has 4 aromatic carbocycles. The molecule has 5 aromatic rings. The van der Waals surface area contributed by atoms with Gasteiger partial charge in [-0.2, -0.15) is 0 Å². The van der Waals surface area contributed by atoms with Gasteiger partial charge in [0, 0.05) is 35.2 Å². The highest BCUT2D eigenvalue weighted by molar-refractivity contribution is 6.04. The molecule has 206 valence electrons. The number of aromatic amines is 1. The number of aromatic nitrogens is 1. The number of hydrogen-bond acceptors (Lipinski definition) is 4. The van der Waals surface area contributed by atoms with E-state index < -0.39 is 0 Å². The molecule has 0 unspecified atom stereocenters. The Balaban J connectivity index is 1.17. The topological polar surface area (TPSA) is 83.7 Å². The van der Waals surface area contributed by atoms with Crippen molar-refractivity contribution < 1.29 is 23.5 Å². The third-order valence-corrected chi connectivity index (χ3v) is 7.44. The quantitative estimate of drug-likeness (QED) is 0.255. The summed E-state index contributed by atoms with van der Waals surface area (Å²) in [6.07, 6.45) is 0.742. The van der Waals surface area contributed by atoms with E-state index in [-0.39, 0.29) is 17.6 Å². The van der Waals surface area contributed by atoms with Crippen molar-refractivity contribution in [2.75, 3.05) is 26.1 Å². The molecule has 0 saturated carbocycles. The van der Waals surface area contributed by atoms with Crippen LogP contribution in [0.15, 0.2) is 84.9 Å². The van der Waals surface area contributed by atoms with Crippen molar-refractivity contribution in [1.82, 2.24) is 9.88 Å². The Morgan fingerprint density at radius 2 is 1.51 bits per heavy atom. The number of carbonyl (C=O) groups is 2. The third kappa shape index (κ3) is 5.24. The maximum atomic E-state index is 13.4. The SMILES string of the molecule is COc1cc2c(cc1OC)CN(C(=O)c1cc3cc(-c4ccc(NC(=O)c5ccc(F)cc5)cc4)ccc3[nH]1)CC2. The van der Waals surface area contributed by atoms with E-state index in [1.165, 1.54) is 24.3 Å². The first-order chi connectivity index (χ1) is 19.9. The van der Waals surface area contributed by atoms with Crippen molar-refractivity contribution in [3.8, 4) is 22.6 Å². The Morgan fingerprint density at radius 1 is 0.829 bits per heavy atom. The van der Waals surface area contributed by atoms with Crippen LogP contribution in [-0.2, 0) is 13.0 Å². The molecule has 0 atom stereocenters. The van der Waals surface area contributed by atoms with E-state index >= 15 is 0 Å². The highest BCUT2D eigenvalue weighted by Gasteiger charge is 2.25. The molecule has 0 bridgehead atoms. The summed E-state index contributed by atoms with van der Waals surface area (Å²) < 4.78 is 24.0. The summed E-state index contributed by atoms with van der Waals surface area (Å²) in [6.45, 7) is 1.12. The lowest BCUT2D eigenvalue weighted by Gasteiger charge is -2.29. The van der Waals surface area contributed by atoms with Crippen LogP contribution in [0, 0.1) is 5.82 Å². The minimum Gasteiger partial charge on any atom is -0.493 e. The molecule has 2 N–H and O–H groups in total. The van der Waals surface area contributed by atoms with Gasteiger partial charge in [0.2, 0.25) is 0 Å². The smallest absolute Gasteiger partial charge is 0.270 e. The van der Waals surface area contributed by atoms with Gasteiger partial charge in [-0.15, -0.1) is 0 Å². The zero-order valence-electron chi connectivity index (χ0n) is 22.7. The Labute approximate surface area is 236 Å². The van der Waals surface area contributed by atoms with E-state index in [2.05, 4.69) is 10.3 Å². The largest absolute Gasteiger partial charge is 0.493 e. The summed E-state index contributed by atoms with van der Waals surface area (Å²) in [7, 11) is 3.23. The van der Waals surface area contributed by atoms with Gasteiger partial charge in [0.15, 0.2) is 11.5 Å². The first kappa shape index (κ1) is 26.1. The Hall–Kier alpha value is -5.11. The van der Waals surface area contributed by atoms with E-state index in [1.54, 1.807) is 14.2 Å². The number of methoxy groups -OCH3 is 2. The normalized spacial score (nSPS) is 12.6. The van der Waals surface area contributed by atoms with Crippen LogP contribution in [0.3, 0.4) is 0 Å². The van der Waals surface area contributed by atoms with Crippen molar-refractivity contribution in [1.29, 1.82) is 0 Å². The Bertz CT molecular complexity index is 1760. The molecule has 8 heteroatoms. The summed E-state index contributed by atoms with van der Waals surface area (Å²) in [5.74, 6) is 0.606. The molecule has 0 aliphatic carbocycles. The molecular weight excluding hydrogens is 521 g/mol.